The lowest BCUT2D eigenvalue weighted by atomic mass is 10.00. The number of rotatable bonds is 7. The molecule has 0 radical (unpaired) electrons. The number of carbonyl (C=O) groups excluding carboxylic acids is 2. The van der Waals surface area contributed by atoms with Crippen LogP contribution in [0.5, 0.6) is 5.75 Å². The van der Waals surface area contributed by atoms with Gasteiger partial charge in [0.2, 0.25) is 11.8 Å². The third-order valence-corrected chi connectivity index (χ3v) is 7.44. The predicted octanol–water partition coefficient (Wildman–Crippen LogP) is 4.86. The van der Waals surface area contributed by atoms with Gasteiger partial charge in [-0.25, -0.2) is 0 Å². The highest BCUT2D eigenvalue weighted by molar-refractivity contribution is 7.10. The molecule has 1 unspecified atom stereocenters. The van der Waals surface area contributed by atoms with Gasteiger partial charge in [-0.15, -0.1) is 11.3 Å². The van der Waals surface area contributed by atoms with Crippen LogP contribution in [0.1, 0.15) is 48.7 Å². The zero-order valence-electron chi connectivity index (χ0n) is 18.3. The maximum Gasteiger partial charge on any atom is 0.242 e. The van der Waals surface area contributed by atoms with Crippen LogP contribution in [-0.2, 0) is 16.0 Å². The maximum atomic E-state index is 13.4. The van der Waals surface area contributed by atoms with Crippen LogP contribution in [0.4, 0.5) is 0 Å². The molecule has 7 heteroatoms. The predicted molar refractivity (Wildman–Crippen MR) is 124 cm³/mol. The zero-order valence-corrected chi connectivity index (χ0v) is 19.8. The first-order chi connectivity index (χ1) is 14.8. The third kappa shape index (κ3) is 4.90. The van der Waals surface area contributed by atoms with Crippen molar-refractivity contribution in [3.05, 3.63) is 50.7 Å². The lowest BCUT2D eigenvalue weighted by Gasteiger charge is -2.37. The Morgan fingerprint density at radius 3 is 2.74 bits per heavy atom. The van der Waals surface area contributed by atoms with Gasteiger partial charge in [0.25, 0.3) is 0 Å². The Morgan fingerprint density at radius 1 is 1.29 bits per heavy atom. The smallest absolute Gasteiger partial charge is 0.242 e. The van der Waals surface area contributed by atoms with Gasteiger partial charge in [-0.2, -0.15) is 0 Å². The third-order valence-electron chi connectivity index (χ3n) is 6.02. The van der Waals surface area contributed by atoms with E-state index in [1.807, 2.05) is 43.9 Å². The van der Waals surface area contributed by atoms with E-state index >= 15 is 0 Å². The molecular weight excluding hydrogens is 432 g/mol. The maximum absolute atomic E-state index is 13.4. The van der Waals surface area contributed by atoms with Crippen molar-refractivity contribution >= 4 is 34.8 Å². The number of benzene rings is 1. The normalized spacial score (nSPS) is 18.1. The molecule has 2 heterocycles. The molecule has 1 aromatic carbocycles. The summed E-state index contributed by atoms with van der Waals surface area (Å²) in [6.45, 7) is 6.90. The van der Waals surface area contributed by atoms with E-state index < -0.39 is 0 Å². The molecule has 31 heavy (non-hydrogen) atoms. The monoisotopic (exact) mass is 460 g/mol. The van der Waals surface area contributed by atoms with Gasteiger partial charge in [-0.05, 0) is 67.0 Å². The fraction of sp³-hybridized carbons (Fsp3) is 0.500. The number of hydrogen-bond donors (Lipinski definition) is 0. The average Bonchev–Trinajstić information content (AvgIpc) is 3.47. The van der Waals surface area contributed by atoms with E-state index in [4.69, 9.17) is 16.3 Å². The van der Waals surface area contributed by atoms with Crippen molar-refractivity contribution in [2.24, 2.45) is 5.92 Å². The number of aryl methyl sites for hydroxylation is 1. The van der Waals surface area contributed by atoms with Crippen LogP contribution < -0.4 is 4.74 Å². The number of carbonyl (C=O) groups is 2. The van der Waals surface area contributed by atoms with Gasteiger partial charge in [-0.3, -0.25) is 9.59 Å². The molecule has 2 amide bonds. The van der Waals surface area contributed by atoms with Crippen LogP contribution >= 0.6 is 22.9 Å². The Kier molecular flexibility index (Phi) is 6.58. The zero-order chi connectivity index (χ0) is 22.1. The van der Waals surface area contributed by atoms with Gasteiger partial charge in [0, 0.05) is 28.4 Å². The van der Waals surface area contributed by atoms with Crippen molar-refractivity contribution in [2.75, 3.05) is 19.7 Å². The summed E-state index contributed by atoms with van der Waals surface area (Å²) >= 11 is 7.87. The van der Waals surface area contributed by atoms with E-state index in [1.54, 1.807) is 16.2 Å². The molecule has 1 fully saturated rings. The van der Waals surface area contributed by atoms with Crippen LogP contribution in [-0.4, -0.2) is 47.4 Å². The number of amides is 2. The minimum absolute atomic E-state index is 0.00126. The molecule has 0 N–H and O–H groups in total. The first kappa shape index (κ1) is 22.2. The van der Waals surface area contributed by atoms with Crippen LogP contribution in [0, 0.1) is 12.8 Å². The molecule has 5 nitrogen and oxygen atoms in total. The van der Waals surface area contributed by atoms with Crippen LogP contribution in [0.25, 0.3) is 0 Å². The molecule has 2 aliphatic rings. The fourth-order valence-electron chi connectivity index (χ4n) is 4.10. The molecule has 4 rings (SSSR count). The lowest BCUT2D eigenvalue weighted by molar-refractivity contribution is -0.144. The van der Waals surface area contributed by atoms with E-state index in [1.165, 1.54) is 4.88 Å². The minimum atomic E-state index is -0.159. The van der Waals surface area contributed by atoms with E-state index in [0.717, 1.165) is 36.1 Å². The number of hydrogen-bond acceptors (Lipinski definition) is 4. The summed E-state index contributed by atoms with van der Waals surface area (Å²) in [6, 6.07) is 7.76. The second-order valence-corrected chi connectivity index (χ2v) is 10.1. The number of nitrogens with zero attached hydrogens (tertiary/aromatic N) is 2. The summed E-state index contributed by atoms with van der Waals surface area (Å²) < 4.78 is 6.11. The SMILES string of the molecule is Cc1cc(OCC2c3ccsc3CCN2C(=O)CN(C(=O)C(C)C)C2CC2)ccc1Cl. The van der Waals surface area contributed by atoms with Crippen molar-refractivity contribution in [1.29, 1.82) is 0 Å². The number of thiophene rings is 1. The summed E-state index contributed by atoms with van der Waals surface area (Å²) in [7, 11) is 0. The molecule has 0 spiro atoms. The van der Waals surface area contributed by atoms with Crippen LogP contribution in [0.3, 0.4) is 0 Å². The standard InChI is InChI=1S/C24H29ClN2O3S/c1-15(2)24(29)27(17-4-5-17)13-23(28)26-10-8-22-19(9-11-31-22)21(26)14-30-18-6-7-20(25)16(3)12-18/h6-7,9,11-12,15,17,21H,4-5,8,10,13-14H2,1-3H3. The van der Waals surface area contributed by atoms with Gasteiger partial charge in [0.05, 0.1) is 6.04 Å². The highest BCUT2D eigenvalue weighted by atomic mass is 35.5. The van der Waals surface area contributed by atoms with Gasteiger partial charge in [0.15, 0.2) is 0 Å². The first-order valence-electron chi connectivity index (χ1n) is 10.9. The minimum Gasteiger partial charge on any atom is -0.491 e. The Labute approximate surface area is 192 Å². The second kappa shape index (κ2) is 9.21. The Hall–Kier alpha value is -2.05. The molecule has 1 saturated carbocycles. The van der Waals surface area contributed by atoms with Gasteiger partial charge < -0.3 is 14.5 Å². The molecule has 2 aromatic rings. The summed E-state index contributed by atoms with van der Waals surface area (Å²) in [4.78, 5) is 31.1. The van der Waals surface area contributed by atoms with Crippen molar-refractivity contribution in [2.45, 2.75) is 52.1 Å². The Balaban J connectivity index is 1.51. The molecular formula is C24H29ClN2O3S. The molecule has 166 valence electrons. The summed E-state index contributed by atoms with van der Waals surface area (Å²) in [5.74, 6) is 0.698. The quantitative estimate of drug-likeness (QED) is 0.592. The van der Waals surface area contributed by atoms with Crippen molar-refractivity contribution < 1.29 is 14.3 Å². The van der Waals surface area contributed by atoms with Crippen molar-refractivity contribution in [3.8, 4) is 5.75 Å². The van der Waals surface area contributed by atoms with E-state index in [9.17, 15) is 9.59 Å². The number of ether oxygens (including phenoxy) is 1. The fourth-order valence-corrected chi connectivity index (χ4v) is 5.14. The first-order valence-corrected chi connectivity index (χ1v) is 12.2. The molecule has 0 bridgehead atoms. The lowest BCUT2D eigenvalue weighted by Crippen LogP contribution is -2.49. The van der Waals surface area contributed by atoms with Crippen molar-refractivity contribution in [3.63, 3.8) is 0 Å². The highest BCUT2D eigenvalue weighted by Crippen LogP contribution is 2.35. The largest absolute Gasteiger partial charge is 0.491 e. The molecule has 1 aliphatic heterocycles. The second-order valence-electron chi connectivity index (χ2n) is 8.73. The average molecular weight is 461 g/mol. The number of halogens is 1. The molecule has 0 saturated heterocycles. The van der Waals surface area contributed by atoms with Crippen LogP contribution in [0.15, 0.2) is 29.6 Å². The van der Waals surface area contributed by atoms with Gasteiger partial charge in [0.1, 0.15) is 18.9 Å². The molecule has 1 atom stereocenters. The summed E-state index contributed by atoms with van der Waals surface area (Å²) in [5, 5.41) is 2.79. The summed E-state index contributed by atoms with van der Waals surface area (Å²) in [6.07, 6.45) is 2.82. The Bertz CT molecular complexity index is 969. The van der Waals surface area contributed by atoms with E-state index in [2.05, 4.69) is 11.4 Å². The van der Waals surface area contributed by atoms with Gasteiger partial charge in [-0.1, -0.05) is 25.4 Å². The highest BCUT2D eigenvalue weighted by Gasteiger charge is 2.38. The molecule has 1 aliphatic carbocycles. The van der Waals surface area contributed by atoms with Crippen LogP contribution in [0.2, 0.25) is 5.02 Å². The van der Waals surface area contributed by atoms with E-state index in [0.29, 0.717) is 18.2 Å². The topological polar surface area (TPSA) is 49.9 Å². The van der Waals surface area contributed by atoms with Gasteiger partial charge >= 0.3 is 0 Å². The Morgan fingerprint density at radius 2 is 2.06 bits per heavy atom. The molecule has 1 aromatic heterocycles. The van der Waals surface area contributed by atoms with E-state index in [-0.39, 0.29) is 36.4 Å². The van der Waals surface area contributed by atoms with Crippen molar-refractivity contribution in [1.82, 2.24) is 9.80 Å². The summed E-state index contributed by atoms with van der Waals surface area (Å²) in [5.41, 5.74) is 2.11. The number of fused-ring (bicyclic) bond motifs is 1.